The molecule has 12 heavy (non-hydrogen) atoms. The zero-order valence-corrected chi connectivity index (χ0v) is 7.47. The number of carbonyl (C=O) groups is 1. The van der Waals surface area contributed by atoms with Crippen molar-refractivity contribution in [1.82, 2.24) is 5.32 Å². The SMILES string of the molecule is CCNC(=O)[C@H](N)C12CC(C1)C2. The van der Waals surface area contributed by atoms with Gasteiger partial charge in [-0.25, -0.2) is 0 Å². The van der Waals surface area contributed by atoms with E-state index in [1.807, 2.05) is 6.92 Å². The second-order valence-electron chi connectivity index (χ2n) is 4.21. The van der Waals surface area contributed by atoms with E-state index in [9.17, 15) is 4.79 Å². The van der Waals surface area contributed by atoms with Crippen molar-refractivity contribution in [1.29, 1.82) is 0 Å². The number of likely N-dealkylation sites (N-methyl/N-ethyl adjacent to an activating group) is 1. The van der Waals surface area contributed by atoms with Crippen LogP contribution in [0.3, 0.4) is 0 Å². The fraction of sp³-hybridized carbons (Fsp3) is 0.889. The van der Waals surface area contributed by atoms with Crippen molar-refractivity contribution in [2.75, 3.05) is 6.54 Å². The molecule has 1 atom stereocenters. The van der Waals surface area contributed by atoms with Crippen LogP contribution in [0.5, 0.6) is 0 Å². The lowest BCUT2D eigenvalue weighted by Crippen LogP contribution is -2.65. The highest BCUT2D eigenvalue weighted by molar-refractivity contribution is 5.83. The summed E-state index contributed by atoms with van der Waals surface area (Å²) >= 11 is 0. The predicted octanol–water partition coefficient (Wildman–Crippen LogP) is 0.250. The highest BCUT2D eigenvalue weighted by Gasteiger charge is 2.61. The lowest BCUT2D eigenvalue weighted by atomic mass is 9.42. The van der Waals surface area contributed by atoms with Crippen LogP contribution in [0.4, 0.5) is 0 Å². The molecule has 1 amide bonds. The zero-order valence-electron chi connectivity index (χ0n) is 7.47. The average Bonchev–Trinajstić information content (AvgIpc) is 1.81. The molecule has 0 radical (unpaired) electrons. The van der Waals surface area contributed by atoms with E-state index < -0.39 is 0 Å². The normalized spacial score (nSPS) is 39.3. The maximum absolute atomic E-state index is 11.4. The molecule has 68 valence electrons. The third kappa shape index (κ3) is 0.891. The van der Waals surface area contributed by atoms with Gasteiger partial charge in [-0.3, -0.25) is 4.79 Å². The lowest BCUT2D eigenvalue weighted by Gasteiger charge is -2.64. The molecule has 0 saturated heterocycles. The molecule has 0 unspecified atom stereocenters. The molecule has 3 heteroatoms. The Labute approximate surface area is 72.7 Å². The lowest BCUT2D eigenvalue weighted by molar-refractivity contribution is -0.151. The summed E-state index contributed by atoms with van der Waals surface area (Å²) in [6.45, 7) is 2.61. The monoisotopic (exact) mass is 168 g/mol. The minimum Gasteiger partial charge on any atom is -0.355 e. The number of rotatable bonds is 3. The van der Waals surface area contributed by atoms with E-state index in [0.717, 1.165) is 5.92 Å². The number of amides is 1. The Morgan fingerprint density at radius 3 is 2.58 bits per heavy atom. The minimum absolute atomic E-state index is 0.0376. The standard InChI is InChI=1S/C9H16N2O/c1-2-11-8(12)7(10)9-3-6(4-9)5-9/h6-7H,2-5,10H2,1H3,(H,11,12)/t6?,7-,9?/m0/s1. The maximum atomic E-state index is 11.4. The molecule has 3 N–H and O–H groups in total. The van der Waals surface area contributed by atoms with Gasteiger partial charge in [0.2, 0.25) is 5.91 Å². The zero-order chi connectivity index (χ0) is 8.77. The van der Waals surface area contributed by atoms with Gasteiger partial charge in [-0.1, -0.05) is 0 Å². The van der Waals surface area contributed by atoms with Crippen molar-refractivity contribution >= 4 is 5.91 Å². The summed E-state index contributed by atoms with van der Waals surface area (Å²) in [5.74, 6) is 0.932. The molecule has 3 aliphatic carbocycles. The summed E-state index contributed by atoms with van der Waals surface area (Å²) in [5.41, 5.74) is 6.08. The van der Waals surface area contributed by atoms with Crippen molar-refractivity contribution in [3.05, 3.63) is 0 Å². The van der Waals surface area contributed by atoms with Crippen LogP contribution in [0.25, 0.3) is 0 Å². The molecule has 0 heterocycles. The van der Waals surface area contributed by atoms with E-state index >= 15 is 0 Å². The molecule has 0 spiro atoms. The Morgan fingerprint density at radius 2 is 2.25 bits per heavy atom. The number of hydrogen-bond donors (Lipinski definition) is 2. The molecule has 0 aliphatic heterocycles. The number of nitrogens with one attached hydrogen (secondary N) is 1. The fourth-order valence-electron chi connectivity index (χ4n) is 2.49. The molecule has 2 bridgehead atoms. The first-order valence-corrected chi connectivity index (χ1v) is 4.71. The van der Waals surface area contributed by atoms with Gasteiger partial charge in [-0.05, 0) is 37.5 Å². The molecule has 0 aromatic carbocycles. The van der Waals surface area contributed by atoms with Crippen molar-refractivity contribution < 1.29 is 4.79 Å². The van der Waals surface area contributed by atoms with Gasteiger partial charge in [-0.15, -0.1) is 0 Å². The summed E-state index contributed by atoms with van der Waals surface area (Å²) in [6, 6.07) is -0.248. The van der Waals surface area contributed by atoms with Gasteiger partial charge in [0.05, 0.1) is 6.04 Å². The molecule has 0 aromatic heterocycles. The van der Waals surface area contributed by atoms with Gasteiger partial charge >= 0.3 is 0 Å². The summed E-state index contributed by atoms with van der Waals surface area (Å²) in [7, 11) is 0. The Balaban J connectivity index is 1.90. The summed E-state index contributed by atoms with van der Waals surface area (Å²) in [4.78, 5) is 11.4. The van der Waals surface area contributed by atoms with Gasteiger partial charge in [0.25, 0.3) is 0 Å². The van der Waals surface area contributed by atoms with Crippen molar-refractivity contribution in [3.8, 4) is 0 Å². The molecule has 3 aliphatic rings. The van der Waals surface area contributed by atoms with Crippen LogP contribution in [0, 0.1) is 11.3 Å². The van der Waals surface area contributed by atoms with E-state index in [0.29, 0.717) is 6.54 Å². The van der Waals surface area contributed by atoms with E-state index in [2.05, 4.69) is 5.32 Å². The molecule has 3 fully saturated rings. The number of hydrogen-bond acceptors (Lipinski definition) is 2. The van der Waals surface area contributed by atoms with Crippen LogP contribution in [0.2, 0.25) is 0 Å². The van der Waals surface area contributed by atoms with Crippen LogP contribution in [0.15, 0.2) is 0 Å². The second kappa shape index (κ2) is 2.46. The topological polar surface area (TPSA) is 55.1 Å². The first kappa shape index (κ1) is 8.05. The summed E-state index contributed by atoms with van der Waals surface area (Å²) in [5, 5.41) is 2.78. The smallest absolute Gasteiger partial charge is 0.237 e. The molecular weight excluding hydrogens is 152 g/mol. The quantitative estimate of drug-likeness (QED) is 0.634. The highest BCUT2D eigenvalue weighted by atomic mass is 16.2. The third-order valence-corrected chi connectivity index (χ3v) is 3.38. The maximum Gasteiger partial charge on any atom is 0.237 e. The largest absolute Gasteiger partial charge is 0.355 e. The molecule has 3 rings (SSSR count). The van der Waals surface area contributed by atoms with Crippen LogP contribution in [0.1, 0.15) is 26.2 Å². The highest BCUT2D eigenvalue weighted by Crippen LogP contribution is 2.65. The van der Waals surface area contributed by atoms with Crippen molar-refractivity contribution in [3.63, 3.8) is 0 Å². The summed E-state index contributed by atoms with van der Waals surface area (Å²) in [6.07, 6.45) is 3.56. The van der Waals surface area contributed by atoms with E-state index in [1.54, 1.807) is 0 Å². The Hall–Kier alpha value is -0.570. The fourth-order valence-corrected chi connectivity index (χ4v) is 2.49. The van der Waals surface area contributed by atoms with Gasteiger partial charge in [0.1, 0.15) is 0 Å². The van der Waals surface area contributed by atoms with Crippen LogP contribution < -0.4 is 11.1 Å². The average molecular weight is 168 g/mol. The Morgan fingerprint density at radius 1 is 1.67 bits per heavy atom. The van der Waals surface area contributed by atoms with Crippen LogP contribution in [-0.2, 0) is 4.79 Å². The van der Waals surface area contributed by atoms with Crippen molar-refractivity contribution in [2.24, 2.45) is 17.1 Å². The van der Waals surface area contributed by atoms with Crippen molar-refractivity contribution in [2.45, 2.75) is 32.2 Å². The van der Waals surface area contributed by atoms with Gasteiger partial charge in [0.15, 0.2) is 0 Å². The molecule has 3 nitrogen and oxygen atoms in total. The van der Waals surface area contributed by atoms with Gasteiger partial charge in [0, 0.05) is 6.54 Å². The first-order valence-electron chi connectivity index (χ1n) is 4.71. The second-order valence-corrected chi connectivity index (χ2v) is 4.21. The van der Waals surface area contributed by atoms with Gasteiger partial charge in [-0.2, -0.15) is 0 Å². The predicted molar refractivity (Wildman–Crippen MR) is 46.4 cm³/mol. The van der Waals surface area contributed by atoms with Crippen LogP contribution in [-0.4, -0.2) is 18.5 Å². The number of nitrogens with two attached hydrogens (primary N) is 1. The van der Waals surface area contributed by atoms with E-state index in [4.69, 9.17) is 5.73 Å². The molecule has 0 aromatic rings. The van der Waals surface area contributed by atoms with E-state index in [1.165, 1.54) is 19.3 Å². The summed E-state index contributed by atoms with van der Waals surface area (Å²) < 4.78 is 0. The van der Waals surface area contributed by atoms with E-state index in [-0.39, 0.29) is 17.4 Å². The Kier molecular flexibility index (Phi) is 1.65. The third-order valence-electron chi connectivity index (χ3n) is 3.38. The minimum atomic E-state index is -0.248. The van der Waals surface area contributed by atoms with Gasteiger partial charge < -0.3 is 11.1 Å². The molecule has 3 saturated carbocycles. The number of carbonyl (C=O) groups excluding carboxylic acids is 1. The Bertz CT molecular complexity index is 198. The van der Waals surface area contributed by atoms with Crippen LogP contribution >= 0.6 is 0 Å². The molecular formula is C9H16N2O. The first-order chi connectivity index (χ1) is 5.68.